The van der Waals surface area contributed by atoms with E-state index in [1.165, 1.54) is 25.7 Å². The summed E-state index contributed by atoms with van der Waals surface area (Å²) in [7, 11) is 0. The molecule has 1 aliphatic carbocycles. The summed E-state index contributed by atoms with van der Waals surface area (Å²) >= 11 is 0. The number of rotatable bonds is 2. The first-order chi connectivity index (χ1) is 8.24. The fourth-order valence-corrected chi connectivity index (χ4v) is 2.56. The van der Waals surface area contributed by atoms with Crippen molar-refractivity contribution in [3.8, 4) is 0 Å². The number of hydrogen-bond donors (Lipinski definition) is 1. The molecule has 1 aliphatic rings. The Morgan fingerprint density at radius 3 is 2.76 bits per heavy atom. The van der Waals surface area contributed by atoms with Crippen LogP contribution in [0.15, 0.2) is 24.5 Å². The van der Waals surface area contributed by atoms with E-state index in [1.807, 2.05) is 10.6 Å². The molecule has 0 radical (unpaired) electrons. The SMILES string of the molecule is O=C(O)c1ccc2nc(C3CCCC3)cn2c1. The summed E-state index contributed by atoms with van der Waals surface area (Å²) in [6.45, 7) is 0. The van der Waals surface area contributed by atoms with Crippen LogP contribution in [0.2, 0.25) is 0 Å². The van der Waals surface area contributed by atoms with E-state index in [0.717, 1.165) is 11.3 Å². The molecule has 1 N–H and O–H groups in total. The molecule has 0 atom stereocenters. The molecule has 0 spiro atoms. The van der Waals surface area contributed by atoms with Crippen LogP contribution in [0.4, 0.5) is 0 Å². The lowest BCUT2D eigenvalue weighted by Gasteiger charge is -2.02. The van der Waals surface area contributed by atoms with Crippen molar-refractivity contribution in [1.82, 2.24) is 9.38 Å². The van der Waals surface area contributed by atoms with Gasteiger partial charge in [-0.15, -0.1) is 0 Å². The van der Waals surface area contributed by atoms with E-state index in [4.69, 9.17) is 5.11 Å². The molecule has 2 aromatic heterocycles. The van der Waals surface area contributed by atoms with Crippen LogP contribution in [0, 0.1) is 0 Å². The number of nitrogens with zero attached hydrogens (tertiary/aromatic N) is 2. The molecular formula is C13H14N2O2. The number of fused-ring (bicyclic) bond motifs is 1. The summed E-state index contributed by atoms with van der Waals surface area (Å²) < 4.78 is 1.82. The molecule has 0 unspecified atom stereocenters. The van der Waals surface area contributed by atoms with Gasteiger partial charge < -0.3 is 9.51 Å². The number of aromatic carboxylic acids is 1. The van der Waals surface area contributed by atoms with Crippen molar-refractivity contribution in [3.05, 3.63) is 35.8 Å². The van der Waals surface area contributed by atoms with E-state index >= 15 is 0 Å². The van der Waals surface area contributed by atoms with E-state index in [-0.39, 0.29) is 0 Å². The van der Waals surface area contributed by atoms with E-state index in [1.54, 1.807) is 18.3 Å². The first-order valence-electron chi connectivity index (χ1n) is 5.96. The standard InChI is InChI=1S/C13H14N2O2/c16-13(17)10-5-6-12-14-11(8-15(12)7-10)9-3-1-2-4-9/h5-9H,1-4H2,(H,16,17). The van der Waals surface area contributed by atoms with E-state index in [0.29, 0.717) is 11.5 Å². The number of carboxylic acids is 1. The molecule has 0 aromatic carbocycles. The lowest BCUT2D eigenvalue weighted by molar-refractivity contribution is 0.0696. The van der Waals surface area contributed by atoms with Crippen molar-refractivity contribution in [1.29, 1.82) is 0 Å². The molecule has 0 aliphatic heterocycles. The van der Waals surface area contributed by atoms with Gasteiger partial charge in [0.25, 0.3) is 0 Å². The van der Waals surface area contributed by atoms with Gasteiger partial charge in [-0.2, -0.15) is 0 Å². The largest absolute Gasteiger partial charge is 0.478 e. The van der Waals surface area contributed by atoms with Crippen LogP contribution in [0.25, 0.3) is 5.65 Å². The summed E-state index contributed by atoms with van der Waals surface area (Å²) in [5.74, 6) is -0.341. The zero-order valence-electron chi connectivity index (χ0n) is 9.47. The first kappa shape index (κ1) is 10.3. The number of imidazole rings is 1. The van der Waals surface area contributed by atoms with Gasteiger partial charge in [0.05, 0.1) is 11.3 Å². The average molecular weight is 230 g/mol. The van der Waals surface area contributed by atoms with Gasteiger partial charge in [0, 0.05) is 18.3 Å². The predicted molar refractivity (Wildman–Crippen MR) is 63.4 cm³/mol. The van der Waals surface area contributed by atoms with Crippen molar-refractivity contribution in [2.75, 3.05) is 0 Å². The van der Waals surface area contributed by atoms with Crippen LogP contribution in [0.3, 0.4) is 0 Å². The van der Waals surface area contributed by atoms with Gasteiger partial charge >= 0.3 is 5.97 Å². The average Bonchev–Trinajstić information content (AvgIpc) is 2.96. The van der Waals surface area contributed by atoms with Gasteiger partial charge in [0.2, 0.25) is 0 Å². The lowest BCUT2D eigenvalue weighted by atomic mass is 10.1. The van der Waals surface area contributed by atoms with Crippen molar-refractivity contribution in [3.63, 3.8) is 0 Å². The molecular weight excluding hydrogens is 216 g/mol. The molecule has 1 fully saturated rings. The number of carbonyl (C=O) groups is 1. The zero-order valence-corrected chi connectivity index (χ0v) is 9.47. The van der Waals surface area contributed by atoms with Crippen LogP contribution >= 0.6 is 0 Å². The topological polar surface area (TPSA) is 54.6 Å². The number of pyridine rings is 1. The summed E-state index contributed by atoms with van der Waals surface area (Å²) in [5, 5.41) is 8.93. The van der Waals surface area contributed by atoms with Crippen LogP contribution in [0.5, 0.6) is 0 Å². The zero-order chi connectivity index (χ0) is 11.8. The molecule has 2 heterocycles. The van der Waals surface area contributed by atoms with Gasteiger partial charge in [-0.25, -0.2) is 9.78 Å². The van der Waals surface area contributed by atoms with Crippen LogP contribution in [0.1, 0.15) is 47.7 Å². The summed E-state index contributed by atoms with van der Waals surface area (Å²) in [6, 6.07) is 3.37. The van der Waals surface area contributed by atoms with Crippen LogP contribution in [-0.2, 0) is 0 Å². The second-order valence-corrected chi connectivity index (χ2v) is 4.64. The minimum absolute atomic E-state index is 0.299. The Bertz CT molecular complexity index is 568. The molecule has 4 nitrogen and oxygen atoms in total. The van der Waals surface area contributed by atoms with Crippen LogP contribution in [-0.4, -0.2) is 20.5 Å². The predicted octanol–water partition coefficient (Wildman–Crippen LogP) is 2.69. The smallest absolute Gasteiger partial charge is 0.337 e. The van der Waals surface area contributed by atoms with Gasteiger partial charge in [-0.05, 0) is 25.0 Å². The van der Waals surface area contributed by atoms with Crippen molar-refractivity contribution in [2.45, 2.75) is 31.6 Å². The summed E-state index contributed by atoms with van der Waals surface area (Å²) in [4.78, 5) is 15.4. The molecule has 1 saturated carbocycles. The maximum Gasteiger partial charge on any atom is 0.337 e. The second kappa shape index (κ2) is 3.87. The van der Waals surface area contributed by atoms with Gasteiger partial charge in [0.15, 0.2) is 0 Å². The van der Waals surface area contributed by atoms with Gasteiger partial charge in [0.1, 0.15) is 5.65 Å². The van der Waals surface area contributed by atoms with E-state index in [2.05, 4.69) is 4.98 Å². The Kier molecular flexibility index (Phi) is 2.35. The van der Waals surface area contributed by atoms with Gasteiger partial charge in [-0.3, -0.25) is 0 Å². The fraction of sp³-hybridized carbons (Fsp3) is 0.385. The highest BCUT2D eigenvalue weighted by Crippen LogP contribution is 2.33. The highest BCUT2D eigenvalue weighted by molar-refractivity contribution is 5.87. The second-order valence-electron chi connectivity index (χ2n) is 4.64. The third kappa shape index (κ3) is 1.79. The Hall–Kier alpha value is -1.84. The Morgan fingerprint density at radius 2 is 2.06 bits per heavy atom. The maximum atomic E-state index is 10.9. The minimum atomic E-state index is -0.900. The maximum absolute atomic E-state index is 10.9. The molecule has 0 bridgehead atoms. The monoisotopic (exact) mass is 230 g/mol. The third-order valence-electron chi connectivity index (χ3n) is 3.49. The molecule has 2 aromatic rings. The van der Waals surface area contributed by atoms with Crippen molar-refractivity contribution in [2.24, 2.45) is 0 Å². The van der Waals surface area contributed by atoms with Crippen LogP contribution < -0.4 is 0 Å². The highest BCUT2D eigenvalue weighted by Gasteiger charge is 2.19. The van der Waals surface area contributed by atoms with Crippen molar-refractivity contribution >= 4 is 11.6 Å². The molecule has 0 amide bonds. The summed E-state index contributed by atoms with van der Waals surface area (Å²) in [5.41, 5.74) is 2.23. The molecule has 3 rings (SSSR count). The van der Waals surface area contributed by atoms with E-state index < -0.39 is 5.97 Å². The lowest BCUT2D eigenvalue weighted by Crippen LogP contribution is -1.97. The fourth-order valence-electron chi connectivity index (χ4n) is 2.56. The molecule has 88 valence electrons. The number of carboxylic acid groups (broad SMARTS) is 1. The Balaban J connectivity index is 2.03. The normalized spacial score (nSPS) is 16.7. The number of hydrogen-bond acceptors (Lipinski definition) is 2. The molecule has 4 heteroatoms. The highest BCUT2D eigenvalue weighted by atomic mass is 16.4. The van der Waals surface area contributed by atoms with E-state index in [9.17, 15) is 4.79 Å². The van der Waals surface area contributed by atoms with Gasteiger partial charge in [-0.1, -0.05) is 12.8 Å². The summed E-state index contributed by atoms with van der Waals surface area (Å²) in [6.07, 6.45) is 8.56. The molecule has 17 heavy (non-hydrogen) atoms. The Labute approximate surface area is 98.9 Å². The third-order valence-corrected chi connectivity index (χ3v) is 3.49. The minimum Gasteiger partial charge on any atom is -0.478 e. The quantitative estimate of drug-likeness (QED) is 0.862. The Morgan fingerprint density at radius 1 is 1.29 bits per heavy atom. The molecule has 0 saturated heterocycles. The number of aromatic nitrogens is 2. The first-order valence-corrected chi connectivity index (χ1v) is 5.96. The van der Waals surface area contributed by atoms with Crippen molar-refractivity contribution < 1.29 is 9.90 Å².